The molecular formula is C15H24N2O. The van der Waals surface area contributed by atoms with Gasteiger partial charge in [-0.15, -0.1) is 0 Å². The zero-order chi connectivity index (χ0) is 13.0. The molecule has 0 spiro atoms. The molecule has 0 unspecified atom stereocenters. The lowest BCUT2D eigenvalue weighted by Gasteiger charge is -2.36. The van der Waals surface area contributed by atoms with Crippen molar-refractivity contribution in [1.82, 2.24) is 4.98 Å². The number of rotatable bonds is 4. The first kappa shape index (κ1) is 13.3. The normalized spacial score (nSPS) is 28.1. The van der Waals surface area contributed by atoms with Gasteiger partial charge in [0, 0.05) is 12.7 Å². The lowest BCUT2D eigenvalue weighted by Crippen LogP contribution is -2.40. The number of aryl methyl sites for hydroxylation is 1. The predicted molar refractivity (Wildman–Crippen MR) is 74.7 cm³/mol. The standard InChI is InChI=1S/C15H24N2O/c1-3-13-6-8-15(18,9-7-13)11-17-14-12(2)5-4-10-16-14/h4-5,10,13,18H,3,6-9,11H2,1-2H3,(H,16,17). The first-order valence-corrected chi connectivity index (χ1v) is 7.01. The molecule has 1 aromatic heterocycles. The summed E-state index contributed by atoms with van der Waals surface area (Å²) in [4.78, 5) is 4.30. The van der Waals surface area contributed by atoms with E-state index < -0.39 is 5.60 Å². The largest absolute Gasteiger partial charge is 0.388 e. The Morgan fingerprint density at radius 3 is 2.78 bits per heavy atom. The summed E-state index contributed by atoms with van der Waals surface area (Å²) in [5.41, 5.74) is 0.582. The van der Waals surface area contributed by atoms with Crippen LogP contribution in [-0.2, 0) is 0 Å². The highest BCUT2D eigenvalue weighted by Crippen LogP contribution is 2.33. The van der Waals surface area contributed by atoms with Crippen molar-refractivity contribution in [3.8, 4) is 0 Å². The lowest BCUT2D eigenvalue weighted by atomic mass is 9.78. The topological polar surface area (TPSA) is 45.1 Å². The number of hydrogen-bond acceptors (Lipinski definition) is 3. The first-order chi connectivity index (χ1) is 8.63. The summed E-state index contributed by atoms with van der Waals surface area (Å²) >= 11 is 0. The molecule has 3 nitrogen and oxygen atoms in total. The van der Waals surface area contributed by atoms with Gasteiger partial charge in [-0.2, -0.15) is 0 Å². The van der Waals surface area contributed by atoms with Gasteiger partial charge in [0.25, 0.3) is 0 Å². The number of aromatic nitrogens is 1. The van der Waals surface area contributed by atoms with Crippen LogP contribution in [-0.4, -0.2) is 22.2 Å². The van der Waals surface area contributed by atoms with Gasteiger partial charge in [-0.3, -0.25) is 0 Å². The number of nitrogens with zero attached hydrogens (tertiary/aromatic N) is 1. The molecule has 3 heteroatoms. The van der Waals surface area contributed by atoms with Crippen LogP contribution in [0.4, 0.5) is 5.82 Å². The van der Waals surface area contributed by atoms with E-state index in [-0.39, 0.29) is 0 Å². The van der Waals surface area contributed by atoms with Gasteiger partial charge in [0.15, 0.2) is 0 Å². The third kappa shape index (κ3) is 3.22. The van der Waals surface area contributed by atoms with Crippen LogP contribution in [0.5, 0.6) is 0 Å². The summed E-state index contributed by atoms with van der Waals surface area (Å²) in [6.45, 7) is 4.89. The number of aliphatic hydroxyl groups is 1. The van der Waals surface area contributed by atoms with Crippen molar-refractivity contribution in [2.45, 2.75) is 51.6 Å². The van der Waals surface area contributed by atoms with E-state index in [1.807, 2.05) is 19.1 Å². The summed E-state index contributed by atoms with van der Waals surface area (Å²) in [6, 6.07) is 3.97. The van der Waals surface area contributed by atoms with Crippen molar-refractivity contribution < 1.29 is 5.11 Å². The average molecular weight is 248 g/mol. The Balaban J connectivity index is 1.88. The molecule has 1 fully saturated rings. The fourth-order valence-corrected chi connectivity index (χ4v) is 2.72. The molecule has 0 atom stereocenters. The molecule has 0 radical (unpaired) electrons. The Labute approximate surface area is 110 Å². The maximum Gasteiger partial charge on any atom is 0.128 e. The Kier molecular flexibility index (Phi) is 4.23. The number of pyridine rings is 1. The van der Waals surface area contributed by atoms with Gasteiger partial charge in [-0.25, -0.2) is 4.98 Å². The zero-order valence-corrected chi connectivity index (χ0v) is 11.4. The minimum absolute atomic E-state index is 0.546. The SMILES string of the molecule is CCC1CCC(O)(CNc2ncccc2C)CC1. The minimum atomic E-state index is -0.546. The molecule has 0 aromatic carbocycles. The zero-order valence-electron chi connectivity index (χ0n) is 11.4. The van der Waals surface area contributed by atoms with Crippen molar-refractivity contribution >= 4 is 5.82 Å². The van der Waals surface area contributed by atoms with Gasteiger partial charge in [0.05, 0.1) is 5.60 Å². The van der Waals surface area contributed by atoms with Gasteiger partial charge in [0.1, 0.15) is 5.82 Å². The molecule has 1 aromatic rings. The van der Waals surface area contributed by atoms with E-state index in [1.54, 1.807) is 6.20 Å². The highest BCUT2D eigenvalue weighted by molar-refractivity contribution is 5.42. The molecule has 1 aliphatic carbocycles. The van der Waals surface area contributed by atoms with Gasteiger partial charge in [0.2, 0.25) is 0 Å². The van der Waals surface area contributed by atoms with E-state index in [9.17, 15) is 5.11 Å². The van der Waals surface area contributed by atoms with E-state index in [1.165, 1.54) is 6.42 Å². The van der Waals surface area contributed by atoms with Crippen LogP contribution < -0.4 is 5.32 Å². The molecule has 2 N–H and O–H groups in total. The van der Waals surface area contributed by atoms with E-state index in [0.717, 1.165) is 43.0 Å². The number of nitrogens with one attached hydrogen (secondary N) is 1. The third-order valence-electron chi connectivity index (χ3n) is 4.21. The van der Waals surface area contributed by atoms with E-state index in [4.69, 9.17) is 0 Å². The molecule has 1 heterocycles. The quantitative estimate of drug-likeness (QED) is 0.860. The molecule has 100 valence electrons. The fraction of sp³-hybridized carbons (Fsp3) is 0.667. The molecule has 1 aliphatic rings. The number of hydrogen-bond donors (Lipinski definition) is 2. The molecule has 0 saturated heterocycles. The Bertz CT molecular complexity index is 384. The molecule has 18 heavy (non-hydrogen) atoms. The van der Waals surface area contributed by atoms with Crippen molar-refractivity contribution in [3.63, 3.8) is 0 Å². The summed E-state index contributed by atoms with van der Waals surface area (Å²) in [5, 5.41) is 13.8. The van der Waals surface area contributed by atoms with Crippen LogP contribution in [0.3, 0.4) is 0 Å². The monoisotopic (exact) mass is 248 g/mol. The van der Waals surface area contributed by atoms with E-state index >= 15 is 0 Å². The summed E-state index contributed by atoms with van der Waals surface area (Å²) in [7, 11) is 0. The number of anilines is 1. The van der Waals surface area contributed by atoms with Crippen LogP contribution >= 0.6 is 0 Å². The van der Waals surface area contributed by atoms with Gasteiger partial charge < -0.3 is 10.4 Å². The summed E-state index contributed by atoms with van der Waals surface area (Å²) in [5.74, 6) is 1.70. The highest BCUT2D eigenvalue weighted by atomic mass is 16.3. The average Bonchev–Trinajstić information content (AvgIpc) is 2.39. The van der Waals surface area contributed by atoms with Crippen LogP contribution in [0.2, 0.25) is 0 Å². The van der Waals surface area contributed by atoms with E-state index in [0.29, 0.717) is 6.54 Å². The lowest BCUT2D eigenvalue weighted by molar-refractivity contribution is 0.00222. The van der Waals surface area contributed by atoms with Crippen molar-refractivity contribution in [2.24, 2.45) is 5.92 Å². The first-order valence-electron chi connectivity index (χ1n) is 7.01. The maximum atomic E-state index is 10.5. The van der Waals surface area contributed by atoms with Crippen molar-refractivity contribution in [3.05, 3.63) is 23.9 Å². The van der Waals surface area contributed by atoms with Crippen LogP contribution in [0.25, 0.3) is 0 Å². The second-order valence-electron chi connectivity index (χ2n) is 5.60. The van der Waals surface area contributed by atoms with Gasteiger partial charge in [-0.1, -0.05) is 19.4 Å². The van der Waals surface area contributed by atoms with Crippen LogP contribution in [0, 0.1) is 12.8 Å². The Morgan fingerprint density at radius 2 is 2.17 bits per heavy atom. The molecule has 0 aliphatic heterocycles. The second kappa shape index (κ2) is 5.70. The van der Waals surface area contributed by atoms with E-state index in [2.05, 4.69) is 17.2 Å². The van der Waals surface area contributed by atoms with Gasteiger partial charge in [-0.05, 0) is 50.2 Å². The Morgan fingerprint density at radius 1 is 1.44 bits per heavy atom. The third-order valence-corrected chi connectivity index (χ3v) is 4.21. The molecule has 2 rings (SSSR count). The second-order valence-corrected chi connectivity index (χ2v) is 5.60. The molecule has 0 amide bonds. The highest BCUT2D eigenvalue weighted by Gasteiger charge is 2.32. The van der Waals surface area contributed by atoms with Crippen LogP contribution in [0.1, 0.15) is 44.6 Å². The smallest absolute Gasteiger partial charge is 0.128 e. The van der Waals surface area contributed by atoms with Gasteiger partial charge >= 0.3 is 0 Å². The Hall–Kier alpha value is -1.09. The fourth-order valence-electron chi connectivity index (χ4n) is 2.72. The maximum absolute atomic E-state index is 10.5. The molecule has 0 bridgehead atoms. The predicted octanol–water partition coefficient (Wildman–Crippen LogP) is 3.13. The summed E-state index contributed by atoms with van der Waals surface area (Å²) in [6.07, 6.45) is 7.14. The summed E-state index contributed by atoms with van der Waals surface area (Å²) < 4.78 is 0. The van der Waals surface area contributed by atoms with Crippen LogP contribution in [0.15, 0.2) is 18.3 Å². The molecular weight excluding hydrogens is 224 g/mol. The van der Waals surface area contributed by atoms with Crippen molar-refractivity contribution in [2.75, 3.05) is 11.9 Å². The van der Waals surface area contributed by atoms with Crippen molar-refractivity contribution in [1.29, 1.82) is 0 Å². The molecule has 1 saturated carbocycles. The minimum Gasteiger partial charge on any atom is -0.388 e.